The molecule has 0 saturated carbocycles. The zero-order chi connectivity index (χ0) is 12.3. The first-order valence-corrected chi connectivity index (χ1v) is 6.05. The quantitative estimate of drug-likeness (QED) is 0.778. The van der Waals surface area contributed by atoms with Gasteiger partial charge in [0.05, 0.1) is 20.5 Å². The van der Waals surface area contributed by atoms with Crippen LogP contribution >= 0.6 is 22.9 Å². The van der Waals surface area contributed by atoms with E-state index in [-0.39, 0.29) is 0 Å². The van der Waals surface area contributed by atoms with E-state index >= 15 is 0 Å². The van der Waals surface area contributed by atoms with Crippen molar-refractivity contribution in [3.8, 4) is 6.07 Å². The lowest BCUT2D eigenvalue weighted by Gasteiger charge is -2.00. The van der Waals surface area contributed by atoms with Gasteiger partial charge < -0.3 is 0 Å². The van der Waals surface area contributed by atoms with E-state index in [1.54, 1.807) is 24.7 Å². The summed E-state index contributed by atoms with van der Waals surface area (Å²) in [6.07, 6.45) is 4.95. The Bertz CT molecular complexity index is 596. The summed E-state index contributed by atoms with van der Waals surface area (Å²) in [6, 6.07) is 5.69. The van der Waals surface area contributed by atoms with E-state index in [9.17, 15) is 5.26 Å². The molecule has 3 nitrogen and oxygen atoms in total. The second kappa shape index (κ2) is 5.09. The second-order valence-corrected chi connectivity index (χ2v) is 4.90. The third-order valence-corrected chi connectivity index (χ3v) is 3.55. The molecule has 0 saturated heterocycles. The van der Waals surface area contributed by atoms with Crippen LogP contribution in [-0.4, -0.2) is 9.97 Å². The summed E-state index contributed by atoms with van der Waals surface area (Å²) in [5.74, 6) is 0. The van der Waals surface area contributed by atoms with Gasteiger partial charge >= 0.3 is 0 Å². The number of nitrogens with zero attached hydrogens (tertiary/aromatic N) is 3. The van der Waals surface area contributed by atoms with Gasteiger partial charge in [-0.3, -0.25) is 4.98 Å². The van der Waals surface area contributed by atoms with Crippen molar-refractivity contribution < 1.29 is 0 Å². The molecule has 0 unspecified atom stereocenters. The molecule has 0 fully saturated rings. The second-order valence-electron chi connectivity index (χ2n) is 3.29. The van der Waals surface area contributed by atoms with E-state index in [2.05, 4.69) is 16.0 Å². The lowest BCUT2D eigenvalue weighted by atomic mass is 10.1. The molecule has 0 spiro atoms. The molecule has 2 aromatic rings. The first kappa shape index (κ1) is 11.8. The molecule has 2 heterocycles. The number of thiazole rings is 1. The maximum atomic E-state index is 9.18. The van der Waals surface area contributed by atoms with Gasteiger partial charge in [0.25, 0.3) is 0 Å². The van der Waals surface area contributed by atoms with Crippen LogP contribution in [-0.2, 0) is 0 Å². The highest BCUT2D eigenvalue weighted by atomic mass is 35.5. The molecule has 2 aromatic heterocycles. The number of hydrogen-bond acceptors (Lipinski definition) is 4. The minimum Gasteiger partial charge on any atom is -0.264 e. The topological polar surface area (TPSA) is 49.6 Å². The minimum absolute atomic E-state index is 0.420. The average molecular weight is 262 g/mol. The van der Waals surface area contributed by atoms with E-state index < -0.39 is 0 Å². The highest BCUT2D eigenvalue weighted by Crippen LogP contribution is 2.31. The van der Waals surface area contributed by atoms with Gasteiger partial charge in [-0.15, -0.1) is 11.3 Å². The summed E-state index contributed by atoms with van der Waals surface area (Å²) in [7, 11) is 0. The summed E-state index contributed by atoms with van der Waals surface area (Å²) in [4.78, 5) is 8.90. The fourth-order valence-electron chi connectivity index (χ4n) is 1.34. The molecular formula is C12H8ClN3S. The van der Waals surface area contributed by atoms with Crippen LogP contribution in [0.5, 0.6) is 0 Å². The third-order valence-electron chi connectivity index (χ3n) is 2.12. The standard InChI is InChI=1S/C12H8ClN3S/c1-8-16-7-11(17-8)12(13)10(5-14)9-3-2-4-15-6-9/h2-4,6-7H,1H3/b12-10+. The van der Waals surface area contributed by atoms with Crippen LogP contribution in [0.3, 0.4) is 0 Å². The highest BCUT2D eigenvalue weighted by molar-refractivity contribution is 7.13. The lowest BCUT2D eigenvalue weighted by Crippen LogP contribution is -1.85. The van der Waals surface area contributed by atoms with Gasteiger partial charge in [0.1, 0.15) is 6.07 Å². The van der Waals surface area contributed by atoms with Crippen molar-refractivity contribution in [3.05, 3.63) is 46.2 Å². The van der Waals surface area contributed by atoms with Gasteiger partial charge in [-0.05, 0) is 13.0 Å². The van der Waals surface area contributed by atoms with Gasteiger partial charge in [-0.25, -0.2) is 4.98 Å². The molecule has 5 heteroatoms. The van der Waals surface area contributed by atoms with Gasteiger partial charge in [-0.2, -0.15) is 5.26 Å². The summed E-state index contributed by atoms with van der Waals surface area (Å²) < 4.78 is 0. The monoisotopic (exact) mass is 261 g/mol. The molecule has 17 heavy (non-hydrogen) atoms. The number of allylic oxidation sites excluding steroid dienone is 1. The third kappa shape index (κ3) is 2.52. The zero-order valence-electron chi connectivity index (χ0n) is 9.01. The van der Waals surface area contributed by atoms with Crippen LogP contribution in [0, 0.1) is 18.3 Å². The number of hydrogen-bond donors (Lipinski definition) is 0. The van der Waals surface area contributed by atoms with Crippen LogP contribution < -0.4 is 0 Å². The van der Waals surface area contributed by atoms with Gasteiger partial charge in [-0.1, -0.05) is 17.7 Å². The Morgan fingerprint density at radius 2 is 2.29 bits per heavy atom. The first-order valence-electron chi connectivity index (χ1n) is 4.85. The van der Waals surface area contributed by atoms with E-state index in [1.807, 2.05) is 13.0 Å². The van der Waals surface area contributed by atoms with Crippen LogP contribution in [0.25, 0.3) is 10.6 Å². The van der Waals surface area contributed by atoms with E-state index in [4.69, 9.17) is 11.6 Å². The molecule has 0 aliphatic carbocycles. The van der Waals surface area contributed by atoms with Crippen molar-refractivity contribution in [2.45, 2.75) is 6.92 Å². The Labute approximate surface area is 108 Å². The SMILES string of the molecule is Cc1ncc(/C(Cl)=C(/C#N)c2cccnc2)s1. The van der Waals surface area contributed by atoms with Crippen molar-refractivity contribution in [2.75, 3.05) is 0 Å². The Kier molecular flexibility index (Phi) is 3.52. The molecule has 0 N–H and O–H groups in total. The Balaban J connectivity index is 2.52. The van der Waals surface area contributed by atoms with Crippen LogP contribution in [0.15, 0.2) is 30.7 Å². The van der Waals surface area contributed by atoms with Gasteiger partial charge in [0.2, 0.25) is 0 Å². The van der Waals surface area contributed by atoms with Crippen molar-refractivity contribution in [2.24, 2.45) is 0 Å². The summed E-state index contributed by atoms with van der Waals surface area (Å²) in [5.41, 5.74) is 1.13. The molecule has 0 radical (unpaired) electrons. The fraction of sp³-hybridized carbons (Fsp3) is 0.0833. The maximum absolute atomic E-state index is 9.18. The van der Waals surface area contributed by atoms with Gasteiger partial charge in [0.15, 0.2) is 0 Å². The number of halogens is 1. The Hall–Kier alpha value is -1.70. The fourth-order valence-corrected chi connectivity index (χ4v) is 2.37. The molecule has 0 atom stereocenters. The molecule has 0 aliphatic heterocycles. The predicted octanol–water partition coefficient (Wildman–Crippen LogP) is 3.48. The van der Waals surface area contributed by atoms with Crippen molar-refractivity contribution >= 4 is 33.5 Å². The average Bonchev–Trinajstić information content (AvgIpc) is 2.78. The predicted molar refractivity (Wildman–Crippen MR) is 69.4 cm³/mol. The number of aromatic nitrogens is 2. The lowest BCUT2D eigenvalue weighted by molar-refractivity contribution is 1.29. The normalized spacial score (nSPS) is 11.8. The van der Waals surface area contributed by atoms with E-state index in [0.717, 1.165) is 9.88 Å². The van der Waals surface area contributed by atoms with Gasteiger partial charge in [0, 0.05) is 24.2 Å². The molecule has 0 aromatic carbocycles. The largest absolute Gasteiger partial charge is 0.264 e. The number of aryl methyl sites for hydroxylation is 1. The molecule has 84 valence electrons. The molecule has 0 amide bonds. The Morgan fingerprint density at radius 1 is 1.47 bits per heavy atom. The molecule has 0 aliphatic rings. The Morgan fingerprint density at radius 3 is 2.82 bits per heavy atom. The first-order chi connectivity index (χ1) is 8.22. The van der Waals surface area contributed by atoms with Crippen molar-refractivity contribution in [3.63, 3.8) is 0 Å². The van der Waals surface area contributed by atoms with Crippen LogP contribution in [0.4, 0.5) is 0 Å². The number of rotatable bonds is 2. The highest BCUT2D eigenvalue weighted by Gasteiger charge is 2.11. The van der Waals surface area contributed by atoms with Crippen molar-refractivity contribution in [1.82, 2.24) is 9.97 Å². The zero-order valence-corrected chi connectivity index (χ0v) is 10.6. The van der Waals surface area contributed by atoms with E-state index in [0.29, 0.717) is 16.2 Å². The summed E-state index contributed by atoms with van der Waals surface area (Å²) >= 11 is 7.68. The van der Waals surface area contributed by atoms with E-state index in [1.165, 1.54) is 11.3 Å². The molecule has 2 rings (SSSR count). The van der Waals surface area contributed by atoms with Crippen LogP contribution in [0.1, 0.15) is 15.4 Å². The van der Waals surface area contributed by atoms with Crippen LogP contribution in [0.2, 0.25) is 0 Å². The molecule has 0 bridgehead atoms. The number of pyridine rings is 1. The minimum atomic E-state index is 0.420. The maximum Gasteiger partial charge on any atom is 0.101 e. The molecular weight excluding hydrogens is 254 g/mol. The smallest absolute Gasteiger partial charge is 0.101 e. The number of nitriles is 1. The van der Waals surface area contributed by atoms with Crippen molar-refractivity contribution in [1.29, 1.82) is 5.26 Å². The summed E-state index contributed by atoms with van der Waals surface area (Å²) in [6.45, 7) is 1.90. The summed E-state index contributed by atoms with van der Waals surface area (Å²) in [5, 5.41) is 10.5.